The van der Waals surface area contributed by atoms with Crippen molar-refractivity contribution in [2.75, 3.05) is 40.0 Å². The summed E-state index contributed by atoms with van der Waals surface area (Å²) in [5, 5.41) is 4.97. The lowest BCUT2D eigenvalue weighted by atomic mass is 9.94. The standard InChI is InChI=1S/C14H21ClFN3O4S/c1-22-7-6-19-4-2-14(16,3-5-19)10-23-13-12(15)8-11(9-18-13)24(17,20)21/h8-9H,2-7,10H2,1H3,(H2,17,20,21). The monoisotopic (exact) mass is 381 g/mol. The summed E-state index contributed by atoms with van der Waals surface area (Å²) in [6.45, 7) is 2.44. The van der Waals surface area contributed by atoms with E-state index >= 15 is 0 Å². The van der Waals surface area contributed by atoms with E-state index in [0.29, 0.717) is 32.5 Å². The van der Waals surface area contributed by atoms with Crippen molar-refractivity contribution >= 4 is 21.6 Å². The molecule has 0 aromatic carbocycles. The molecular formula is C14H21ClFN3O4S. The van der Waals surface area contributed by atoms with Crippen LogP contribution in [0.15, 0.2) is 17.2 Å². The molecular weight excluding hydrogens is 361 g/mol. The van der Waals surface area contributed by atoms with Crippen molar-refractivity contribution in [3.63, 3.8) is 0 Å². The Morgan fingerprint density at radius 1 is 1.46 bits per heavy atom. The smallest absolute Gasteiger partial charge is 0.239 e. The average molecular weight is 382 g/mol. The number of hydrogen-bond donors (Lipinski definition) is 1. The second-order valence-electron chi connectivity index (χ2n) is 5.78. The van der Waals surface area contributed by atoms with Crippen LogP contribution in [0.3, 0.4) is 0 Å². The van der Waals surface area contributed by atoms with Crippen LogP contribution >= 0.6 is 11.6 Å². The Hall–Kier alpha value is -1.00. The Kier molecular flexibility index (Phi) is 6.38. The minimum absolute atomic E-state index is 0.0112. The second-order valence-corrected chi connectivity index (χ2v) is 7.75. The van der Waals surface area contributed by atoms with E-state index in [1.165, 1.54) is 0 Å². The molecule has 1 aliphatic heterocycles. The van der Waals surface area contributed by atoms with Gasteiger partial charge >= 0.3 is 0 Å². The molecule has 0 bridgehead atoms. The maximum atomic E-state index is 14.8. The molecule has 0 aliphatic carbocycles. The highest BCUT2D eigenvalue weighted by atomic mass is 35.5. The van der Waals surface area contributed by atoms with Crippen molar-refractivity contribution in [1.29, 1.82) is 0 Å². The number of rotatable bonds is 7. The fourth-order valence-electron chi connectivity index (χ4n) is 2.41. The second kappa shape index (κ2) is 7.92. The third kappa shape index (κ3) is 5.25. The Balaban J connectivity index is 1.91. The predicted octanol–water partition coefficient (Wildman–Crippen LogP) is 1.21. The van der Waals surface area contributed by atoms with Gasteiger partial charge in [0.2, 0.25) is 15.9 Å². The van der Waals surface area contributed by atoms with Crippen LogP contribution in [0.4, 0.5) is 4.39 Å². The normalized spacial score (nSPS) is 18.5. The number of piperidine rings is 1. The first-order valence-electron chi connectivity index (χ1n) is 7.45. The van der Waals surface area contributed by atoms with Gasteiger partial charge < -0.3 is 14.4 Å². The first-order chi connectivity index (χ1) is 11.2. The van der Waals surface area contributed by atoms with Crippen LogP contribution in [-0.4, -0.2) is 63.9 Å². The fourth-order valence-corrected chi connectivity index (χ4v) is 3.18. The number of likely N-dealkylation sites (tertiary alicyclic amines) is 1. The van der Waals surface area contributed by atoms with Gasteiger partial charge in [0.05, 0.1) is 12.8 Å². The summed E-state index contributed by atoms with van der Waals surface area (Å²) in [6, 6.07) is 1.14. The van der Waals surface area contributed by atoms with E-state index in [2.05, 4.69) is 9.88 Å². The zero-order valence-corrected chi connectivity index (χ0v) is 14.9. The number of alkyl halides is 1. The van der Waals surface area contributed by atoms with Crippen molar-refractivity contribution in [3.8, 4) is 5.88 Å². The quantitative estimate of drug-likeness (QED) is 0.762. The third-order valence-corrected chi connectivity index (χ3v) is 5.09. The zero-order valence-electron chi connectivity index (χ0n) is 13.4. The maximum absolute atomic E-state index is 14.8. The molecule has 2 N–H and O–H groups in total. The lowest BCUT2D eigenvalue weighted by Crippen LogP contribution is -2.45. The molecule has 7 nitrogen and oxygen atoms in total. The highest BCUT2D eigenvalue weighted by Gasteiger charge is 2.35. The highest BCUT2D eigenvalue weighted by molar-refractivity contribution is 7.89. The number of pyridine rings is 1. The molecule has 0 atom stereocenters. The number of ether oxygens (including phenoxy) is 2. The van der Waals surface area contributed by atoms with Gasteiger partial charge in [-0.2, -0.15) is 0 Å². The number of nitrogens with zero attached hydrogens (tertiary/aromatic N) is 2. The van der Waals surface area contributed by atoms with Gasteiger partial charge in [-0.05, 0) is 18.9 Å². The molecule has 136 valence electrons. The number of halogens is 2. The molecule has 0 saturated carbocycles. The summed E-state index contributed by atoms with van der Waals surface area (Å²) >= 11 is 5.93. The summed E-state index contributed by atoms with van der Waals surface area (Å²) in [5.74, 6) is -0.0112. The van der Waals surface area contributed by atoms with Crippen molar-refractivity contribution in [3.05, 3.63) is 17.3 Å². The SMILES string of the molecule is COCCN1CCC(F)(COc2ncc(S(N)(=O)=O)cc2Cl)CC1. The highest BCUT2D eigenvalue weighted by Crippen LogP contribution is 2.30. The van der Waals surface area contributed by atoms with Gasteiger partial charge in [0, 0.05) is 26.7 Å². The van der Waals surface area contributed by atoms with Crippen LogP contribution in [0.2, 0.25) is 5.02 Å². The van der Waals surface area contributed by atoms with E-state index in [9.17, 15) is 12.8 Å². The van der Waals surface area contributed by atoms with E-state index in [0.717, 1.165) is 18.8 Å². The molecule has 1 aromatic rings. The molecule has 2 heterocycles. The Morgan fingerprint density at radius 3 is 2.67 bits per heavy atom. The van der Waals surface area contributed by atoms with Crippen LogP contribution < -0.4 is 9.88 Å². The van der Waals surface area contributed by atoms with Crippen LogP contribution in [0.5, 0.6) is 5.88 Å². The minimum atomic E-state index is -3.90. The van der Waals surface area contributed by atoms with Gasteiger partial charge in [-0.25, -0.2) is 22.9 Å². The van der Waals surface area contributed by atoms with Crippen molar-refractivity contribution in [2.24, 2.45) is 5.14 Å². The van der Waals surface area contributed by atoms with E-state index < -0.39 is 15.7 Å². The molecule has 24 heavy (non-hydrogen) atoms. The minimum Gasteiger partial charge on any atom is -0.473 e. The summed E-state index contributed by atoms with van der Waals surface area (Å²) in [5.41, 5.74) is -1.47. The topological polar surface area (TPSA) is 94.8 Å². The Morgan fingerprint density at radius 2 is 2.12 bits per heavy atom. The number of nitrogens with two attached hydrogens (primary N) is 1. The molecule has 1 aliphatic rings. The van der Waals surface area contributed by atoms with E-state index in [1.54, 1.807) is 7.11 Å². The fraction of sp³-hybridized carbons (Fsp3) is 0.643. The van der Waals surface area contributed by atoms with Gasteiger partial charge in [-0.3, -0.25) is 0 Å². The first-order valence-corrected chi connectivity index (χ1v) is 9.37. The van der Waals surface area contributed by atoms with Crippen molar-refractivity contribution in [1.82, 2.24) is 9.88 Å². The largest absolute Gasteiger partial charge is 0.473 e. The molecule has 0 unspecified atom stereocenters. The third-order valence-electron chi connectivity index (χ3n) is 3.94. The first kappa shape index (κ1) is 19.3. The molecule has 0 spiro atoms. The maximum Gasteiger partial charge on any atom is 0.239 e. The van der Waals surface area contributed by atoms with E-state index in [-0.39, 0.29) is 22.4 Å². The van der Waals surface area contributed by atoms with Crippen LogP contribution in [0, 0.1) is 0 Å². The van der Waals surface area contributed by atoms with E-state index in [4.69, 9.17) is 26.2 Å². The van der Waals surface area contributed by atoms with Gasteiger partial charge in [0.15, 0.2) is 0 Å². The summed E-state index contributed by atoms with van der Waals surface area (Å²) in [7, 11) is -2.26. The van der Waals surface area contributed by atoms with Gasteiger partial charge in [0.1, 0.15) is 22.2 Å². The number of hydrogen-bond acceptors (Lipinski definition) is 6. The summed E-state index contributed by atoms with van der Waals surface area (Å²) in [4.78, 5) is 5.72. The predicted molar refractivity (Wildman–Crippen MR) is 87.5 cm³/mol. The molecule has 1 fully saturated rings. The summed E-state index contributed by atoms with van der Waals surface area (Å²) < 4.78 is 47.6. The number of aromatic nitrogens is 1. The molecule has 1 saturated heterocycles. The van der Waals surface area contributed by atoms with E-state index in [1.807, 2.05) is 0 Å². The van der Waals surface area contributed by atoms with Gasteiger partial charge in [0.25, 0.3) is 0 Å². The van der Waals surface area contributed by atoms with Crippen LogP contribution in [-0.2, 0) is 14.8 Å². The van der Waals surface area contributed by atoms with Gasteiger partial charge in [-0.15, -0.1) is 0 Å². The molecule has 10 heteroatoms. The molecule has 0 radical (unpaired) electrons. The van der Waals surface area contributed by atoms with Crippen LogP contribution in [0.25, 0.3) is 0 Å². The number of primary sulfonamides is 1. The lowest BCUT2D eigenvalue weighted by Gasteiger charge is -2.35. The number of methoxy groups -OCH3 is 1. The van der Waals surface area contributed by atoms with Crippen molar-refractivity contribution in [2.45, 2.75) is 23.4 Å². The number of sulfonamides is 1. The van der Waals surface area contributed by atoms with Crippen LogP contribution in [0.1, 0.15) is 12.8 Å². The zero-order chi connectivity index (χ0) is 17.8. The average Bonchev–Trinajstić information content (AvgIpc) is 2.52. The molecule has 1 aromatic heterocycles. The van der Waals surface area contributed by atoms with Crippen molar-refractivity contribution < 1.29 is 22.3 Å². The Bertz CT molecular complexity index is 666. The molecule has 2 rings (SSSR count). The summed E-state index contributed by atoms with van der Waals surface area (Å²) in [6.07, 6.45) is 1.71. The Labute approximate surface area is 145 Å². The van der Waals surface area contributed by atoms with Gasteiger partial charge in [-0.1, -0.05) is 11.6 Å². The lowest BCUT2D eigenvalue weighted by molar-refractivity contribution is 0.00999. The molecule has 0 amide bonds.